The van der Waals surface area contributed by atoms with Crippen LogP contribution in [0.4, 0.5) is 0 Å². The maximum atomic E-state index is 11.7. The Morgan fingerprint density at radius 1 is 0.964 bits per heavy atom. The Labute approximate surface area is 163 Å². The van der Waals surface area contributed by atoms with E-state index in [9.17, 15) is 4.79 Å². The van der Waals surface area contributed by atoms with Gasteiger partial charge in [-0.05, 0) is 32.4 Å². The predicted octanol–water partition coefficient (Wildman–Crippen LogP) is 2.55. The zero-order valence-electron chi connectivity index (χ0n) is 16.7. The van der Waals surface area contributed by atoms with E-state index in [2.05, 4.69) is 11.4 Å². The number of benzene rings is 1. The first-order valence-electron chi connectivity index (χ1n) is 9.55. The maximum absolute atomic E-state index is 11.7. The van der Waals surface area contributed by atoms with Crippen LogP contribution in [0.15, 0.2) is 25.8 Å². The molecule has 2 aromatic heterocycles. The molecule has 0 saturated heterocycles. The third-order valence-corrected chi connectivity index (χ3v) is 4.79. The van der Waals surface area contributed by atoms with Gasteiger partial charge in [0.25, 0.3) is 0 Å². The summed E-state index contributed by atoms with van der Waals surface area (Å²) in [6.07, 6.45) is 0. The topological polar surface area (TPSA) is 99.9 Å². The van der Waals surface area contributed by atoms with E-state index < -0.39 is 0 Å². The van der Waals surface area contributed by atoms with E-state index in [-0.39, 0.29) is 5.63 Å². The second-order valence-corrected chi connectivity index (χ2v) is 6.83. The molecule has 3 N–H and O–H groups in total. The Morgan fingerprint density at radius 2 is 1.68 bits per heavy atom. The van der Waals surface area contributed by atoms with Gasteiger partial charge in [0.15, 0.2) is 0 Å². The molecule has 2 heterocycles. The monoisotopic (exact) mass is 388 g/mol. The van der Waals surface area contributed by atoms with Crippen molar-refractivity contribution in [2.75, 3.05) is 39.5 Å². The van der Waals surface area contributed by atoms with Gasteiger partial charge < -0.3 is 29.4 Å². The van der Waals surface area contributed by atoms with Crippen molar-refractivity contribution >= 4 is 21.9 Å². The normalized spacial score (nSPS) is 11.7. The number of rotatable bonds is 10. The lowest BCUT2D eigenvalue weighted by atomic mass is 10.0. The fraction of sp³-hybridized carbons (Fsp3) is 0.476. The molecule has 0 aliphatic rings. The zero-order valence-corrected chi connectivity index (χ0v) is 16.7. The van der Waals surface area contributed by atoms with Gasteiger partial charge in [-0.2, -0.15) is 0 Å². The minimum atomic E-state index is -0.342. The highest BCUT2D eigenvalue weighted by Gasteiger charge is 2.17. The molecular formula is C21H28N2O5. The summed E-state index contributed by atoms with van der Waals surface area (Å²) < 4.78 is 22.2. The number of hydrogen-bond acceptors (Lipinski definition) is 7. The van der Waals surface area contributed by atoms with Crippen LogP contribution in [0.25, 0.3) is 21.9 Å². The first-order valence-corrected chi connectivity index (χ1v) is 9.55. The summed E-state index contributed by atoms with van der Waals surface area (Å²) in [5.74, 6) is 0.858. The van der Waals surface area contributed by atoms with Crippen molar-refractivity contribution < 1.29 is 18.3 Å². The van der Waals surface area contributed by atoms with Gasteiger partial charge in [0.05, 0.1) is 26.4 Å². The Balaban J connectivity index is 1.69. The quantitative estimate of drug-likeness (QED) is 0.407. The first kappa shape index (κ1) is 20.5. The molecule has 7 heteroatoms. The predicted molar refractivity (Wildman–Crippen MR) is 109 cm³/mol. The van der Waals surface area contributed by atoms with Gasteiger partial charge in [-0.25, -0.2) is 4.79 Å². The van der Waals surface area contributed by atoms with Gasteiger partial charge in [0.2, 0.25) is 0 Å². The second kappa shape index (κ2) is 9.34. The first-order chi connectivity index (χ1) is 13.5. The van der Waals surface area contributed by atoms with Gasteiger partial charge in [-0.1, -0.05) is 0 Å². The van der Waals surface area contributed by atoms with E-state index in [0.717, 1.165) is 45.4 Å². The number of furan rings is 1. The van der Waals surface area contributed by atoms with Crippen LogP contribution in [0, 0.1) is 20.8 Å². The Bertz CT molecular complexity index is 1010. The van der Waals surface area contributed by atoms with Crippen molar-refractivity contribution in [3.05, 3.63) is 45.0 Å². The van der Waals surface area contributed by atoms with Gasteiger partial charge in [0.1, 0.15) is 16.9 Å². The van der Waals surface area contributed by atoms with Crippen LogP contribution in [-0.2, 0) is 16.0 Å². The molecule has 152 valence electrons. The zero-order chi connectivity index (χ0) is 20.1. The number of fused-ring (bicyclic) bond motifs is 2. The van der Waals surface area contributed by atoms with Crippen LogP contribution in [0.5, 0.6) is 0 Å². The highest BCUT2D eigenvalue weighted by Crippen LogP contribution is 2.34. The number of nitrogens with one attached hydrogen (secondary N) is 1. The smallest absolute Gasteiger partial charge is 0.336 e. The molecule has 0 aliphatic carbocycles. The largest absolute Gasteiger partial charge is 0.461 e. The average molecular weight is 388 g/mol. The van der Waals surface area contributed by atoms with Crippen molar-refractivity contribution in [2.24, 2.45) is 5.73 Å². The number of aryl methyl sites for hydroxylation is 3. The summed E-state index contributed by atoms with van der Waals surface area (Å²) in [6.45, 7) is 10.0. The summed E-state index contributed by atoms with van der Waals surface area (Å²) in [7, 11) is 0. The molecule has 0 atom stereocenters. The molecule has 0 fully saturated rings. The molecule has 3 rings (SSSR count). The highest BCUT2D eigenvalue weighted by atomic mass is 16.5. The summed E-state index contributed by atoms with van der Waals surface area (Å²) in [5.41, 5.74) is 9.24. The highest BCUT2D eigenvalue weighted by molar-refractivity contribution is 5.99. The van der Waals surface area contributed by atoms with Crippen LogP contribution in [-0.4, -0.2) is 39.5 Å². The third-order valence-electron chi connectivity index (χ3n) is 4.79. The molecule has 0 unspecified atom stereocenters. The van der Waals surface area contributed by atoms with E-state index in [0.29, 0.717) is 45.1 Å². The van der Waals surface area contributed by atoms with Crippen molar-refractivity contribution in [1.82, 2.24) is 5.32 Å². The summed E-state index contributed by atoms with van der Waals surface area (Å²) in [4.78, 5) is 11.7. The molecule has 0 spiro atoms. The maximum Gasteiger partial charge on any atom is 0.336 e. The van der Waals surface area contributed by atoms with Crippen LogP contribution < -0.4 is 16.7 Å². The van der Waals surface area contributed by atoms with Crippen LogP contribution in [0.3, 0.4) is 0 Å². The SMILES string of the molecule is Cc1oc2c(C)c3oc(=O)cc(C)c3cc2c1CNCCOCCOCCN. The van der Waals surface area contributed by atoms with Gasteiger partial charge in [0, 0.05) is 47.6 Å². The summed E-state index contributed by atoms with van der Waals surface area (Å²) in [6, 6.07) is 3.57. The minimum Gasteiger partial charge on any atom is -0.461 e. The van der Waals surface area contributed by atoms with E-state index in [1.54, 1.807) is 0 Å². The van der Waals surface area contributed by atoms with E-state index in [1.165, 1.54) is 6.07 Å². The molecule has 0 radical (unpaired) electrons. The molecule has 3 aromatic rings. The van der Waals surface area contributed by atoms with Crippen LogP contribution >= 0.6 is 0 Å². The number of nitrogens with two attached hydrogens (primary N) is 1. The fourth-order valence-corrected chi connectivity index (χ4v) is 3.33. The number of ether oxygens (including phenoxy) is 2. The van der Waals surface area contributed by atoms with E-state index >= 15 is 0 Å². The summed E-state index contributed by atoms with van der Waals surface area (Å²) in [5, 5.41) is 5.38. The molecule has 0 aliphatic heterocycles. The van der Waals surface area contributed by atoms with Crippen molar-refractivity contribution in [3.8, 4) is 0 Å². The van der Waals surface area contributed by atoms with Gasteiger partial charge in [-0.15, -0.1) is 0 Å². The van der Waals surface area contributed by atoms with Crippen LogP contribution in [0.2, 0.25) is 0 Å². The standard InChI is InChI=1S/C21H28N2O5/c1-13-10-19(24)28-20-14(2)21-17(11-16(13)20)18(15(3)27-21)12-23-5-7-26-9-8-25-6-4-22/h10-11,23H,4-9,12,22H2,1-3H3. The Kier molecular flexibility index (Phi) is 6.85. The molecule has 28 heavy (non-hydrogen) atoms. The minimum absolute atomic E-state index is 0.342. The van der Waals surface area contributed by atoms with E-state index in [4.69, 9.17) is 24.0 Å². The molecule has 7 nitrogen and oxygen atoms in total. The van der Waals surface area contributed by atoms with Gasteiger partial charge in [-0.3, -0.25) is 0 Å². The molecule has 0 saturated carbocycles. The van der Waals surface area contributed by atoms with E-state index in [1.807, 2.05) is 20.8 Å². The molecule has 0 amide bonds. The average Bonchev–Trinajstić information content (AvgIpc) is 2.97. The summed E-state index contributed by atoms with van der Waals surface area (Å²) >= 11 is 0. The lowest BCUT2D eigenvalue weighted by molar-refractivity contribution is 0.0518. The molecular weight excluding hydrogens is 360 g/mol. The number of hydrogen-bond donors (Lipinski definition) is 2. The molecule has 1 aromatic carbocycles. The fourth-order valence-electron chi connectivity index (χ4n) is 3.33. The van der Waals surface area contributed by atoms with Crippen LogP contribution in [0.1, 0.15) is 22.5 Å². The van der Waals surface area contributed by atoms with Crippen molar-refractivity contribution in [3.63, 3.8) is 0 Å². The third kappa shape index (κ3) is 4.44. The molecule has 0 bridgehead atoms. The van der Waals surface area contributed by atoms with Crippen molar-refractivity contribution in [1.29, 1.82) is 0 Å². The lowest BCUT2D eigenvalue weighted by Gasteiger charge is -2.08. The second-order valence-electron chi connectivity index (χ2n) is 6.83. The Morgan fingerprint density at radius 3 is 2.43 bits per heavy atom. The van der Waals surface area contributed by atoms with Gasteiger partial charge >= 0.3 is 5.63 Å². The van der Waals surface area contributed by atoms with Crippen molar-refractivity contribution in [2.45, 2.75) is 27.3 Å². The Hall–Kier alpha value is -2.19. The lowest BCUT2D eigenvalue weighted by Crippen LogP contribution is -2.21.